The van der Waals surface area contributed by atoms with Crippen molar-refractivity contribution in [2.75, 3.05) is 19.8 Å². The fourth-order valence-electron chi connectivity index (χ4n) is 2.76. The Kier molecular flexibility index (Phi) is 7.30. The van der Waals surface area contributed by atoms with Crippen molar-refractivity contribution in [2.24, 2.45) is 5.92 Å². The zero-order valence-corrected chi connectivity index (χ0v) is 13.0. The van der Waals surface area contributed by atoms with E-state index in [-0.39, 0.29) is 18.6 Å². The molecular weight excluding hydrogens is 268 g/mol. The first-order chi connectivity index (χ1) is 10.2. The van der Waals surface area contributed by atoms with Gasteiger partial charge in [0.1, 0.15) is 0 Å². The fourth-order valence-corrected chi connectivity index (χ4v) is 2.76. The van der Waals surface area contributed by atoms with E-state index in [1.807, 2.05) is 0 Å². The summed E-state index contributed by atoms with van der Waals surface area (Å²) >= 11 is 0. The van der Waals surface area contributed by atoms with Crippen molar-refractivity contribution in [1.29, 1.82) is 0 Å². The molecular formula is C16H30N2O3. The Morgan fingerprint density at radius 2 is 1.76 bits per heavy atom. The lowest BCUT2D eigenvalue weighted by Gasteiger charge is -2.21. The van der Waals surface area contributed by atoms with Crippen molar-refractivity contribution in [1.82, 2.24) is 10.6 Å². The van der Waals surface area contributed by atoms with Gasteiger partial charge < -0.3 is 20.5 Å². The van der Waals surface area contributed by atoms with Gasteiger partial charge in [0.25, 0.3) is 0 Å². The number of rotatable bonds is 7. The van der Waals surface area contributed by atoms with Crippen LogP contribution in [-0.2, 0) is 4.74 Å². The Morgan fingerprint density at radius 1 is 1.10 bits per heavy atom. The van der Waals surface area contributed by atoms with Gasteiger partial charge in [0.05, 0.1) is 12.7 Å². The molecule has 0 spiro atoms. The number of hydrogen-bond donors (Lipinski definition) is 3. The molecule has 0 aromatic carbocycles. The summed E-state index contributed by atoms with van der Waals surface area (Å²) in [6.07, 6.45) is 10.3. The van der Waals surface area contributed by atoms with Gasteiger partial charge in [-0.05, 0) is 31.6 Å². The molecule has 0 aliphatic heterocycles. The third-order valence-corrected chi connectivity index (χ3v) is 4.30. The molecule has 0 aromatic heterocycles. The van der Waals surface area contributed by atoms with Crippen LogP contribution >= 0.6 is 0 Å². The van der Waals surface area contributed by atoms with Gasteiger partial charge in [-0.15, -0.1) is 0 Å². The monoisotopic (exact) mass is 298 g/mol. The number of hydrogen-bond acceptors (Lipinski definition) is 3. The molecule has 2 fully saturated rings. The standard InChI is InChI=1S/C16H30N2O3/c19-15(12-21-11-13-8-9-13)10-17-16(20)18-14-6-4-2-1-3-5-7-14/h13-15,19H,1-12H2,(H2,17,18,20)/t15-/m1/s1. The molecule has 0 radical (unpaired) electrons. The second-order valence-corrected chi connectivity index (χ2v) is 6.53. The van der Waals surface area contributed by atoms with Gasteiger partial charge in [0, 0.05) is 19.2 Å². The molecule has 2 saturated carbocycles. The van der Waals surface area contributed by atoms with E-state index in [4.69, 9.17) is 4.74 Å². The molecule has 3 N–H and O–H groups in total. The van der Waals surface area contributed by atoms with Crippen LogP contribution in [-0.4, -0.2) is 43.0 Å². The zero-order valence-electron chi connectivity index (χ0n) is 13.0. The van der Waals surface area contributed by atoms with Gasteiger partial charge in [-0.2, -0.15) is 0 Å². The largest absolute Gasteiger partial charge is 0.389 e. The lowest BCUT2D eigenvalue weighted by molar-refractivity contribution is 0.0337. The van der Waals surface area contributed by atoms with Crippen LogP contribution < -0.4 is 10.6 Å². The smallest absolute Gasteiger partial charge is 0.315 e. The molecule has 2 rings (SSSR count). The normalized spacial score (nSPS) is 22.1. The minimum Gasteiger partial charge on any atom is -0.389 e. The van der Waals surface area contributed by atoms with E-state index >= 15 is 0 Å². The number of nitrogens with one attached hydrogen (secondary N) is 2. The van der Waals surface area contributed by atoms with E-state index in [0.29, 0.717) is 12.5 Å². The summed E-state index contributed by atoms with van der Waals surface area (Å²) in [5.74, 6) is 0.702. The average molecular weight is 298 g/mol. The summed E-state index contributed by atoms with van der Waals surface area (Å²) < 4.78 is 5.41. The van der Waals surface area contributed by atoms with Crippen molar-refractivity contribution < 1.29 is 14.6 Å². The summed E-state index contributed by atoms with van der Waals surface area (Å²) in [7, 11) is 0. The molecule has 0 aromatic rings. The van der Waals surface area contributed by atoms with Crippen LogP contribution in [0.15, 0.2) is 0 Å². The highest BCUT2D eigenvalue weighted by Gasteiger charge is 2.21. The SMILES string of the molecule is O=C(NC[C@@H](O)COCC1CC1)NC1CCCCCCC1. The highest BCUT2D eigenvalue weighted by atomic mass is 16.5. The first-order valence-electron chi connectivity index (χ1n) is 8.54. The number of carbonyl (C=O) groups is 1. The Hall–Kier alpha value is -0.810. The van der Waals surface area contributed by atoms with Crippen LogP contribution in [0.2, 0.25) is 0 Å². The first-order valence-corrected chi connectivity index (χ1v) is 8.54. The zero-order chi connectivity index (χ0) is 14.9. The van der Waals surface area contributed by atoms with E-state index in [2.05, 4.69) is 10.6 Å². The quantitative estimate of drug-likeness (QED) is 0.675. The van der Waals surface area contributed by atoms with Crippen LogP contribution in [0.3, 0.4) is 0 Å². The summed E-state index contributed by atoms with van der Waals surface area (Å²) in [4.78, 5) is 11.8. The molecule has 0 saturated heterocycles. The number of aliphatic hydroxyl groups excluding tert-OH is 1. The Morgan fingerprint density at radius 3 is 2.43 bits per heavy atom. The Balaban J connectivity index is 1.52. The Labute approximate surface area is 127 Å². The number of aliphatic hydroxyl groups is 1. The van der Waals surface area contributed by atoms with Gasteiger partial charge in [-0.25, -0.2) is 4.79 Å². The minimum atomic E-state index is -0.619. The predicted molar refractivity (Wildman–Crippen MR) is 82.2 cm³/mol. The maximum absolute atomic E-state index is 11.8. The molecule has 0 heterocycles. The van der Waals surface area contributed by atoms with E-state index < -0.39 is 6.10 Å². The highest BCUT2D eigenvalue weighted by Crippen LogP contribution is 2.28. The molecule has 1 atom stereocenters. The van der Waals surface area contributed by atoms with E-state index in [9.17, 15) is 9.90 Å². The van der Waals surface area contributed by atoms with Crippen molar-refractivity contribution >= 4 is 6.03 Å². The van der Waals surface area contributed by atoms with E-state index in [0.717, 1.165) is 19.4 Å². The third-order valence-electron chi connectivity index (χ3n) is 4.30. The molecule has 5 heteroatoms. The van der Waals surface area contributed by atoms with Crippen molar-refractivity contribution in [2.45, 2.75) is 69.9 Å². The maximum atomic E-state index is 11.8. The van der Waals surface area contributed by atoms with Gasteiger partial charge in [0.15, 0.2) is 0 Å². The second-order valence-electron chi connectivity index (χ2n) is 6.53. The van der Waals surface area contributed by atoms with Gasteiger partial charge >= 0.3 is 6.03 Å². The average Bonchev–Trinajstić information content (AvgIpc) is 3.23. The lowest BCUT2D eigenvalue weighted by atomic mass is 9.97. The van der Waals surface area contributed by atoms with Crippen molar-refractivity contribution in [3.8, 4) is 0 Å². The molecule has 2 aliphatic rings. The number of amides is 2. The Bertz CT molecular complexity index is 300. The number of carbonyl (C=O) groups excluding carboxylic acids is 1. The molecule has 5 nitrogen and oxygen atoms in total. The van der Waals surface area contributed by atoms with Gasteiger partial charge in [0.2, 0.25) is 0 Å². The molecule has 0 bridgehead atoms. The van der Waals surface area contributed by atoms with Gasteiger partial charge in [-0.1, -0.05) is 32.1 Å². The van der Waals surface area contributed by atoms with Crippen molar-refractivity contribution in [3.63, 3.8) is 0 Å². The maximum Gasteiger partial charge on any atom is 0.315 e. The summed E-state index contributed by atoms with van der Waals surface area (Å²) in [6.45, 7) is 1.30. The minimum absolute atomic E-state index is 0.165. The van der Waals surface area contributed by atoms with E-state index in [1.165, 1.54) is 44.9 Å². The molecule has 2 amide bonds. The van der Waals surface area contributed by atoms with Crippen molar-refractivity contribution in [3.05, 3.63) is 0 Å². The molecule has 21 heavy (non-hydrogen) atoms. The number of urea groups is 1. The lowest BCUT2D eigenvalue weighted by Crippen LogP contribution is -2.45. The molecule has 2 aliphatic carbocycles. The predicted octanol–water partition coefficient (Wildman–Crippen LogP) is 2.19. The summed E-state index contributed by atoms with van der Waals surface area (Å²) in [5.41, 5.74) is 0. The van der Waals surface area contributed by atoms with Gasteiger partial charge in [-0.3, -0.25) is 0 Å². The van der Waals surface area contributed by atoms with Crippen LogP contribution in [0.5, 0.6) is 0 Å². The first kappa shape index (κ1) is 16.6. The highest BCUT2D eigenvalue weighted by molar-refractivity contribution is 5.74. The molecule has 122 valence electrons. The van der Waals surface area contributed by atoms with Crippen LogP contribution in [0, 0.1) is 5.92 Å². The number of ether oxygens (including phenoxy) is 1. The van der Waals surface area contributed by atoms with E-state index in [1.54, 1.807) is 0 Å². The van der Waals surface area contributed by atoms with Crippen LogP contribution in [0.25, 0.3) is 0 Å². The second kappa shape index (κ2) is 9.26. The third kappa shape index (κ3) is 7.67. The topological polar surface area (TPSA) is 70.6 Å². The summed E-state index contributed by atoms with van der Waals surface area (Å²) in [6, 6.07) is 0.121. The molecule has 0 unspecified atom stereocenters. The fraction of sp³-hybridized carbons (Fsp3) is 0.938. The summed E-state index contributed by atoms with van der Waals surface area (Å²) in [5, 5.41) is 15.5. The van der Waals surface area contributed by atoms with Crippen LogP contribution in [0.1, 0.15) is 57.8 Å². The van der Waals surface area contributed by atoms with Crippen LogP contribution in [0.4, 0.5) is 4.79 Å².